The molecule has 0 aliphatic heterocycles. The van der Waals surface area contributed by atoms with Gasteiger partial charge in [0.15, 0.2) is 17.3 Å². The third-order valence-corrected chi connectivity index (χ3v) is 4.22. The average Bonchev–Trinajstić information content (AvgIpc) is 3.30. The quantitative estimate of drug-likeness (QED) is 0.531. The molecule has 0 atom stereocenters. The van der Waals surface area contributed by atoms with E-state index < -0.39 is 0 Å². The number of carbonyl (C=O) groups excluding carboxylic acids is 1. The number of nitrogens with one attached hydrogen (secondary N) is 1. The fraction of sp³-hybridized carbons (Fsp3) is 0.304. The van der Waals surface area contributed by atoms with Crippen molar-refractivity contribution in [2.75, 3.05) is 19.8 Å². The molecule has 7 heteroatoms. The topological polar surface area (TPSA) is 82.8 Å². The number of ether oxygens (including phenoxy) is 3. The molecular formula is C23H26N2O5. The fourth-order valence-corrected chi connectivity index (χ4v) is 2.95. The number of pyridine rings is 1. The van der Waals surface area contributed by atoms with Crippen molar-refractivity contribution < 1.29 is 23.4 Å². The smallest absolute Gasteiger partial charge is 0.251 e. The van der Waals surface area contributed by atoms with Gasteiger partial charge in [0.25, 0.3) is 5.91 Å². The van der Waals surface area contributed by atoms with Crippen LogP contribution in [0.1, 0.15) is 36.7 Å². The van der Waals surface area contributed by atoms with Crippen LogP contribution in [0.15, 0.2) is 53.3 Å². The van der Waals surface area contributed by atoms with Gasteiger partial charge in [0, 0.05) is 18.3 Å². The Morgan fingerprint density at radius 2 is 1.70 bits per heavy atom. The van der Waals surface area contributed by atoms with Gasteiger partial charge < -0.3 is 23.9 Å². The third kappa shape index (κ3) is 5.11. The zero-order valence-corrected chi connectivity index (χ0v) is 17.4. The molecule has 0 aliphatic rings. The first-order valence-electron chi connectivity index (χ1n) is 9.99. The first-order chi connectivity index (χ1) is 14.7. The van der Waals surface area contributed by atoms with Crippen molar-refractivity contribution in [2.45, 2.75) is 27.3 Å². The minimum atomic E-state index is -0.240. The highest BCUT2D eigenvalue weighted by atomic mass is 16.5. The van der Waals surface area contributed by atoms with Crippen LogP contribution in [0.5, 0.6) is 17.2 Å². The first kappa shape index (κ1) is 21.2. The summed E-state index contributed by atoms with van der Waals surface area (Å²) in [7, 11) is 0. The van der Waals surface area contributed by atoms with Crippen molar-refractivity contribution >= 4 is 5.91 Å². The predicted octanol–water partition coefficient (Wildman–Crippen LogP) is 4.47. The zero-order valence-electron chi connectivity index (χ0n) is 17.4. The summed E-state index contributed by atoms with van der Waals surface area (Å²) < 4.78 is 22.4. The number of aromatic nitrogens is 1. The molecule has 1 N–H and O–H groups in total. The maximum absolute atomic E-state index is 12.8. The van der Waals surface area contributed by atoms with E-state index in [4.69, 9.17) is 18.6 Å². The van der Waals surface area contributed by atoms with Gasteiger partial charge in [0.1, 0.15) is 5.69 Å². The molecule has 0 bridgehead atoms. The van der Waals surface area contributed by atoms with Crippen LogP contribution in [0.4, 0.5) is 0 Å². The van der Waals surface area contributed by atoms with E-state index in [0.717, 1.165) is 5.56 Å². The van der Waals surface area contributed by atoms with Crippen molar-refractivity contribution in [2.24, 2.45) is 0 Å². The Labute approximate surface area is 176 Å². The number of nitrogens with zero attached hydrogens (tertiary/aromatic N) is 1. The van der Waals surface area contributed by atoms with Crippen LogP contribution in [-0.2, 0) is 6.54 Å². The van der Waals surface area contributed by atoms with Crippen molar-refractivity contribution in [3.05, 3.63) is 60.0 Å². The maximum atomic E-state index is 12.8. The number of hydrogen-bond donors (Lipinski definition) is 1. The molecule has 2 heterocycles. The molecule has 2 aromatic heterocycles. The molecule has 0 saturated heterocycles. The molecule has 3 aromatic rings. The van der Waals surface area contributed by atoms with Gasteiger partial charge in [-0.15, -0.1) is 0 Å². The Morgan fingerprint density at radius 3 is 2.30 bits per heavy atom. The van der Waals surface area contributed by atoms with Gasteiger partial charge in [0.2, 0.25) is 5.75 Å². The van der Waals surface area contributed by atoms with Crippen molar-refractivity contribution in [1.82, 2.24) is 10.3 Å². The summed E-state index contributed by atoms with van der Waals surface area (Å²) in [5.74, 6) is 1.92. The SMILES string of the molecule is CCOc1cc(C(=O)NCc2ccnc(-c3ccco3)c2)cc(OCC)c1OCC. The lowest BCUT2D eigenvalue weighted by molar-refractivity contribution is 0.0949. The zero-order chi connectivity index (χ0) is 21.3. The van der Waals surface area contributed by atoms with Gasteiger partial charge in [-0.2, -0.15) is 0 Å². The Hall–Kier alpha value is -3.48. The molecule has 0 spiro atoms. The molecule has 0 unspecified atom stereocenters. The lowest BCUT2D eigenvalue weighted by Crippen LogP contribution is -2.23. The summed E-state index contributed by atoms with van der Waals surface area (Å²) in [6, 6.07) is 10.7. The third-order valence-electron chi connectivity index (χ3n) is 4.22. The molecule has 1 aromatic carbocycles. The van der Waals surface area contributed by atoms with E-state index in [0.29, 0.717) is 60.6 Å². The van der Waals surface area contributed by atoms with Crippen LogP contribution >= 0.6 is 0 Å². The molecule has 158 valence electrons. The Kier molecular flexibility index (Phi) is 7.32. The van der Waals surface area contributed by atoms with E-state index >= 15 is 0 Å². The van der Waals surface area contributed by atoms with E-state index in [1.807, 2.05) is 45.0 Å². The minimum Gasteiger partial charge on any atom is -0.490 e. The van der Waals surface area contributed by atoms with Crippen LogP contribution in [0.3, 0.4) is 0 Å². The molecule has 0 radical (unpaired) electrons. The summed E-state index contributed by atoms with van der Waals surface area (Å²) in [4.78, 5) is 17.1. The van der Waals surface area contributed by atoms with E-state index in [1.165, 1.54) is 0 Å². The number of rotatable bonds is 10. The van der Waals surface area contributed by atoms with E-state index in [1.54, 1.807) is 24.6 Å². The second kappa shape index (κ2) is 10.3. The van der Waals surface area contributed by atoms with E-state index in [2.05, 4.69) is 10.3 Å². The highest BCUT2D eigenvalue weighted by Crippen LogP contribution is 2.39. The Morgan fingerprint density at radius 1 is 1.00 bits per heavy atom. The minimum absolute atomic E-state index is 0.240. The fourth-order valence-electron chi connectivity index (χ4n) is 2.95. The van der Waals surface area contributed by atoms with E-state index in [-0.39, 0.29) is 5.91 Å². The highest BCUT2D eigenvalue weighted by Gasteiger charge is 2.18. The number of amides is 1. The van der Waals surface area contributed by atoms with Gasteiger partial charge in [-0.3, -0.25) is 9.78 Å². The molecule has 0 saturated carbocycles. The van der Waals surface area contributed by atoms with Crippen LogP contribution in [0.2, 0.25) is 0 Å². The average molecular weight is 410 g/mol. The number of hydrogen-bond acceptors (Lipinski definition) is 6. The second-order valence-electron chi connectivity index (χ2n) is 6.31. The van der Waals surface area contributed by atoms with Gasteiger partial charge in [-0.1, -0.05) is 0 Å². The number of benzene rings is 1. The second-order valence-corrected chi connectivity index (χ2v) is 6.31. The van der Waals surface area contributed by atoms with Gasteiger partial charge in [0.05, 0.1) is 26.1 Å². The number of carbonyl (C=O) groups is 1. The lowest BCUT2D eigenvalue weighted by atomic mass is 10.1. The summed E-state index contributed by atoms with van der Waals surface area (Å²) >= 11 is 0. The summed E-state index contributed by atoms with van der Waals surface area (Å²) in [5.41, 5.74) is 2.06. The van der Waals surface area contributed by atoms with Crippen molar-refractivity contribution in [3.63, 3.8) is 0 Å². The Bertz CT molecular complexity index is 942. The van der Waals surface area contributed by atoms with Crippen LogP contribution in [-0.4, -0.2) is 30.7 Å². The normalized spacial score (nSPS) is 10.5. The molecule has 7 nitrogen and oxygen atoms in total. The van der Waals surface area contributed by atoms with Gasteiger partial charge >= 0.3 is 0 Å². The van der Waals surface area contributed by atoms with Crippen molar-refractivity contribution in [1.29, 1.82) is 0 Å². The van der Waals surface area contributed by atoms with Crippen LogP contribution in [0, 0.1) is 0 Å². The molecule has 0 fully saturated rings. The summed E-state index contributed by atoms with van der Waals surface area (Å²) in [6.07, 6.45) is 3.29. The summed E-state index contributed by atoms with van der Waals surface area (Å²) in [6.45, 7) is 7.35. The first-order valence-corrected chi connectivity index (χ1v) is 9.99. The van der Waals surface area contributed by atoms with Crippen molar-refractivity contribution in [3.8, 4) is 28.7 Å². The monoisotopic (exact) mass is 410 g/mol. The molecule has 1 amide bonds. The van der Waals surface area contributed by atoms with Gasteiger partial charge in [-0.25, -0.2) is 0 Å². The molecule has 3 rings (SSSR count). The lowest BCUT2D eigenvalue weighted by Gasteiger charge is -2.17. The largest absolute Gasteiger partial charge is 0.490 e. The van der Waals surface area contributed by atoms with Crippen LogP contribution < -0.4 is 19.5 Å². The van der Waals surface area contributed by atoms with Gasteiger partial charge in [-0.05, 0) is 62.7 Å². The molecule has 0 aliphatic carbocycles. The highest BCUT2D eigenvalue weighted by molar-refractivity contribution is 5.95. The predicted molar refractivity (Wildman–Crippen MR) is 113 cm³/mol. The molecular weight excluding hydrogens is 384 g/mol. The number of furan rings is 1. The standard InChI is InChI=1S/C23H26N2O5/c1-4-27-20-13-17(14-21(28-5-2)22(20)29-6-3)23(26)25-15-16-9-10-24-18(12-16)19-8-7-11-30-19/h7-14H,4-6,15H2,1-3H3,(H,25,26). The maximum Gasteiger partial charge on any atom is 0.251 e. The van der Waals surface area contributed by atoms with E-state index in [9.17, 15) is 4.79 Å². The van der Waals surface area contributed by atoms with Crippen LogP contribution in [0.25, 0.3) is 11.5 Å². The Balaban J connectivity index is 1.78. The summed E-state index contributed by atoms with van der Waals surface area (Å²) in [5, 5.41) is 2.93. The molecule has 30 heavy (non-hydrogen) atoms.